The quantitative estimate of drug-likeness (QED) is 0.852. The standard InChI is InChI=1S/C18H24N4O/c1-14-12-15(2)22(20-14)13-17-4-3-11-21(17)18(23)6-5-16-7-9-19-10-8-16/h7-10,12,17H,3-6,11,13H2,1-2H3. The van der Waals surface area contributed by atoms with Crippen LogP contribution in [0.2, 0.25) is 0 Å². The number of hydrogen-bond donors (Lipinski definition) is 0. The van der Waals surface area contributed by atoms with E-state index >= 15 is 0 Å². The van der Waals surface area contributed by atoms with Gasteiger partial charge in [0, 0.05) is 31.1 Å². The predicted octanol–water partition coefficient (Wildman–Crippen LogP) is 2.52. The zero-order chi connectivity index (χ0) is 16.2. The second kappa shape index (κ2) is 6.94. The van der Waals surface area contributed by atoms with Crippen LogP contribution >= 0.6 is 0 Å². The summed E-state index contributed by atoms with van der Waals surface area (Å²) in [5.74, 6) is 0.255. The molecule has 0 bridgehead atoms. The molecule has 0 radical (unpaired) electrons. The summed E-state index contributed by atoms with van der Waals surface area (Å²) in [7, 11) is 0. The molecule has 1 atom stereocenters. The minimum atomic E-state index is 0.255. The summed E-state index contributed by atoms with van der Waals surface area (Å²) in [6, 6.07) is 6.32. The molecule has 0 aliphatic carbocycles. The van der Waals surface area contributed by atoms with Gasteiger partial charge in [0.2, 0.25) is 5.91 Å². The molecule has 5 heteroatoms. The lowest BCUT2D eigenvalue weighted by Crippen LogP contribution is -2.38. The zero-order valence-electron chi connectivity index (χ0n) is 13.9. The first-order valence-corrected chi connectivity index (χ1v) is 8.33. The Hall–Kier alpha value is -2.17. The van der Waals surface area contributed by atoms with Crippen molar-refractivity contribution in [1.82, 2.24) is 19.7 Å². The first-order valence-electron chi connectivity index (χ1n) is 8.33. The van der Waals surface area contributed by atoms with Crippen molar-refractivity contribution in [3.05, 3.63) is 47.5 Å². The Morgan fingerprint density at radius 1 is 1.30 bits per heavy atom. The van der Waals surface area contributed by atoms with Gasteiger partial charge in [-0.15, -0.1) is 0 Å². The minimum absolute atomic E-state index is 0.255. The van der Waals surface area contributed by atoms with Gasteiger partial charge in [0.25, 0.3) is 0 Å². The monoisotopic (exact) mass is 312 g/mol. The number of rotatable bonds is 5. The highest BCUT2D eigenvalue weighted by Gasteiger charge is 2.29. The normalized spacial score (nSPS) is 17.7. The molecular weight excluding hydrogens is 288 g/mol. The molecule has 2 aromatic rings. The second-order valence-electron chi connectivity index (χ2n) is 6.35. The number of pyridine rings is 1. The van der Waals surface area contributed by atoms with E-state index in [9.17, 15) is 4.79 Å². The van der Waals surface area contributed by atoms with Crippen molar-refractivity contribution in [1.29, 1.82) is 0 Å². The van der Waals surface area contributed by atoms with Crippen molar-refractivity contribution >= 4 is 5.91 Å². The molecule has 1 aliphatic heterocycles. The number of aryl methyl sites for hydroxylation is 3. The smallest absolute Gasteiger partial charge is 0.223 e. The maximum Gasteiger partial charge on any atom is 0.223 e. The van der Waals surface area contributed by atoms with Crippen LogP contribution in [0.1, 0.15) is 36.2 Å². The van der Waals surface area contributed by atoms with Gasteiger partial charge in [0.1, 0.15) is 0 Å². The van der Waals surface area contributed by atoms with Crippen LogP contribution in [-0.2, 0) is 17.8 Å². The first kappa shape index (κ1) is 15.7. The summed E-state index contributed by atoms with van der Waals surface area (Å²) in [5, 5.41) is 4.53. The fraction of sp³-hybridized carbons (Fsp3) is 0.500. The molecule has 0 N–H and O–H groups in total. The van der Waals surface area contributed by atoms with Crippen molar-refractivity contribution in [3.8, 4) is 0 Å². The van der Waals surface area contributed by atoms with E-state index in [1.54, 1.807) is 12.4 Å². The summed E-state index contributed by atoms with van der Waals surface area (Å²) in [4.78, 5) is 18.7. The van der Waals surface area contributed by atoms with Gasteiger partial charge in [-0.25, -0.2) is 0 Å². The molecule has 1 aliphatic rings. The largest absolute Gasteiger partial charge is 0.338 e. The van der Waals surface area contributed by atoms with E-state index in [1.165, 1.54) is 11.3 Å². The highest BCUT2D eigenvalue weighted by Crippen LogP contribution is 2.21. The van der Waals surface area contributed by atoms with Crippen LogP contribution in [-0.4, -0.2) is 38.2 Å². The number of hydrogen-bond acceptors (Lipinski definition) is 3. The number of carbonyl (C=O) groups excluding carboxylic acids is 1. The van der Waals surface area contributed by atoms with E-state index in [1.807, 2.05) is 23.7 Å². The zero-order valence-corrected chi connectivity index (χ0v) is 13.9. The minimum Gasteiger partial charge on any atom is -0.338 e. The third kappa shape index (κ3) is 3.78. The summed E-state index contributed by atoms with van der Waals surface area (Å²) in [6.45, 7) is 5.76. The van der Waals surface area contributed by atoms with Crippen molar-refractivity contribution in [3.63, 3.8) is 0 Å². The molecule has 2 aromatic heterocycles. The third-order valence-electron chi connectivity index (χ3n) is 4.56. The van der Waals surface area contributed by atoms with Gasteiger partial charge in [-0.2, -0.15) is 5.10 Å². The van der Waals surface area contributed by atoms with Crippen molar-refractivity contribution in [2.45, 2.75) is 52.1 Å². The van der Waals surface area contributed by atoms with Gasteiger partial charge in [0.05, 0.1) is 18.3 Å². The average Bonchev–Trinajstić information content (AvgIpc) is 3.13. The lowest BCUT2D eigenvalue weighted by Gasteiger charge is -2.25. The molecule has 0 saturated carbocycles. The summed E-state index contributed by atoms with van der Waals surface area (Å²) in [5.41, 5.74) is 3.37. The van der Waals surface area contributed by atoms with Gasteiger partial charge >= 0.3 is 0 Å². The second-order valence-corrected chi connectivity index (χ2v) is 6.35. The van der Waals surface area contributed by atoms with Crippen LogP contribution < -0.4 is 0 Å². The lowest BCUT2D eigenvalue weighted by molar-refractivity contribution is -0.132. The molecule has 1 saturated heterocycles. The maximum absolute atomic E-state index is 12.6. The van der Waals surface area contributed by atoms with E-state index in [0.29, 0.717) is 6.42 Å². The Balaban J connectivity index is 1.59. The van der Waals surface area contributed by atoms with Crippen LogP contribution in [0.4, 0.5) is 0 Å². The maximum atomic E-state index is 12.6. The molecule has 5 nitrogen and oxygen atoms in total. The van der Waals surface area contributed by atoms with Gasteiger partial charge in [0.15, 0.2) is 0 Å². The van der Waals surface area contributed by atoms with Gasteiger partial charge in [-0.1, -0.05) is 0 Å². The van der Waals surface area contributed by atoms with E-state index < -0.39 is 0 Å². The van der Waals surface area contributed by atoms with Crippen LogP contribution in [0, 0.1) is 13.8 Å². The van der Waals surface area contributed by atoms with Crippen LogP contribution in [0.3, 0.4) is 0 Å². The Kier molecular flexibility index (Phi) is 4.74. The van der Waals surface area contributed by atoms with E-state index in [4.69, 9.17) is 0 Å². The van der Waals surface area contributed by atoms with E-state index in [0.717, 1.165) is 38.0 Å². The summed E-state index contributed by atoms with van der Waals surface area (Å²) < 4.78 is 2.04. The number of carbonyl (C=O) groups is 1. The topological polar surface area (TPSA) is 51.0 Å². The number of aromatic nitrogens is 3. The van der Waals surface area contributed by atoms with E-state index in [2.05, 4.69) is 28.0 Å². The van der Waals surface area contributed by atoms with Gasteiger partial charge in [-0.05, 0) is 56.9 Å². The molecule has 0 aromatic carbocycles. The summed E-state index contributed by atoms with van der Waals surface area (Å²) >= 11 is 0. The molecule has 1 fully saturated rings. The number of amides is 1. The Labute approximate surface area is 137 Å². The molecular formula is C18H24N4O. The number of likely N-dealkylation sites (tertiary alicyclic amines) is 1. The average molecular weight is 312 g/mol. The SMILES string of the molecule is Cc1cc(C)n(CC2CCCN2C(=O)CCc2ccncc2)n1. The molecule has 23 heavy (non-hydrogen) atoms. The van der Waals surface area contributed by atoms with Crippen molar-refractivity contribution in [2.75, 3.05) is 6.54 Å². The van der Waals surface area contributed by atoms with Crippen LogP contribution in [0.15, 0.2) is 30.6 Å². The molecule has 1 unspecified atom stereocenters. The fourth-order valence-electron chi connectivity index (χ4n) is 3.36. The van der Waals surface area contributed by atoms with E-state index in [-0.39, 0.29) is 11.9 Å². The lowest BCUT2D eigenvalue weighted by atomic mass is 10.1. The Morgan fingerprint density at radius 3 is 2.78 bits per heavy atom. The van der Waals surface area contributed by atoms with Crippen molar-refractivity contribution in [2.24, 2.45) is 0 Å². The Bertz CT molecular complexity index is 665. The summed E-state index contributed by atoms with van der Waals surface area (Å²) in [6.07, 6.45) is 7.06. The molecule has 1 amide bonds. The molecule has 3 heterocycles. The highest BCUT2D eigenvalue weighted by molar-refractivity contribution is 5.77. The van der Waals surface area contributed by atoms with Gasteiger partial charge < -0.3 is 4.90 Å². The molecule has 122 valence electrons. The van der Waals surface area contributed by atoms with Crippen molar-refractivity contribution < 1.29 is 4.79 Å². The third-order valence-corrected chi connectivity index (χ3v) is 4.56. The molecule has 3 rings (SSSR count). The Morgan fingerprint density at radius 2 is 2.09 bits per heavy atom. The molecule has 0 spiro atoms. The van der Waals surface area contributed by atoms with Crippen LogP contribution in [0.25, 0.3) is 0 Å². The number of nitrogens with zero attached hydrogens (tertiary/aromatic N) is 4. The first-order chi connectivity index (χ1) is 11.1. The predicted molar refractivity (Wildman–Crippen MR) is 89.0 cm³/mol. The van der Waals surface area contributed by atoms with Crippen LogP contribution in [0.5, 0.6) is 0 Å². The fourth-order valence-corrected chi connectivity index (χ4v) is 3.36. The van der Waals surface area contributed by atoms with Gasteiger partial charge in [-0.3, -0.25) is 14.5 Å². The highest BCUT2D eigenvalue weighted by atomic mass is 16.2.